The average molecular weight is 488 g/mol. The van der Waals surface area contributed by atoms with Crippen LogP contribution in [0.15, 0.2) is 35.8 Å². The van der Waals surface area contributed by atoms with E-state index in [-0.39, 0.29) is 11.8 Å². The Kier molecular flexibility index (Phi) is 5.98. The maximum atomic E-state index is 13.0. The largest absolute Gasteiger partial charge is 0.335 e. The molecule has 2 saturated heterocycles. The Morgan fingerprint density at radius 2 is 1.75 bits per heavy atom. The number of halogens is 1. The molecule has 2 aliphatic heterocycles. The van der Waals surface area contributed by atoms with Crippen molar-refractivity contribution in [2.45, 2.75) is 13.0 Å². The first-order valence-corrected chi connectivity index (χ1v) is 12.5. The van der Waals surface area contributed by atoms with Crippen molar-refractivity contribution < 1.29 is 9.59 Å². The van der Waals surface area contributed by atoms with Crippen molar-refractivity contribution in [1.29, 1.82) is 0 Å². The number of carbonyl (C=O) groups excluding carboxylic acids is 2. The molecule has 0 aliphatic carbocycles. The van der Waals surface area contributed by atoms with Crippen LogP contribution in [-0.4, -0.2) is 81.8 Å². The van der Waals surface area contributed by atoms with E-state index in [0.717, 1.165) is 29.4 Å². The van der Waals surface area contributed by atoms with Gasteiger partial charge in [-0.3, -0.25) is 14.5 Å². The number of benzene rings is 1. The topological polar surface area (TPSA) is 69.6 Å². The predicted octanol–water partition coefficient (Wildman–Crippen LogP) is 3.51. The number of rotatable bonds is 4. The summed E-state index contributed by atoms with van der Waals surface area (Å²) in [6.07, 6.45) is 1.66. The smallest absolute Gasteiger partial charge is 0.282 e. The number of hydrogen-bond donors (Lipinski definition) is 0. The van der Waals surface area contributed by atoms with Gasteiger partial charge in [-0.25, -0.2) is 9.97 Å². The van der Waals surface area contributed by atoms with Crippen molar-refractivity contribution >= 4 is 46.1 Å². The minimum atomic E-state index is 0.0159. The third-order valence-electron chi connectivity index (χ3n) is 5.96. The average Bonchev–Trinajstić information content (AvgIpc) is 3.43. The number of piperazine rings is 1. The molecule has 2 amide bonds. The Morgan fingerprint density at radius 1 is 1.03 bits per heavy atom. The number of carbonyl (C=O) groups is 2. The van der Waals surface area contributed by atoms with Crippen LogP contribution in [0, 0.1) is 6.92 Å². The number of thiazole rings is 2. The molecule has 4 heterocycles. The number of aryl methyl sites for hydroxylation is 1. The molecule has 2 aliphatic rings. The van der Waals surface area contributed by atoms with Gasteiger partial charge < -0.3 is 9.80 Å². The lowest BCUT2D eigenvalue weighted by atomic mass is 10.1. The van der Waals surface area contributed by atoms with Gasteiger partial charge in [-0.2, -0.15) is 0 Å². The summed E-state index contributed by atoms with van der Waals surface area (Å²) >= 11 is 8.79. The van der Waals surface area contributed by atoms with Gasteiger partial charge in [0.2, 0.25) is 0 Å². The highest BCUT2D eigenvalue weighted by atomic mass is 35.5. The second kappa shape index (κ2) is 8.90. The fourth-order valence-corrected chi connectivity index (χ4v) is 5.83. The van der Waals surface area contributed by atoms with Gasteiger partial charge in [0, 0.05) is 67.5 Å². The monoisotopic (exact) mass is 487 g/mol. The Labute approximate surface area is 199 Å². The summed E-state index contributed by atoms with van der Waals surface area (Å²) in [5.41, 5.74) is 1.73. The minimum absolute atomic E-state index is 0.0159. The molecular formula is C22H22ClN5O2S2. The van der Waals surface area contributed by atoms with Crippen molar-refractivity contribution in [3.05, 3.63) is 56.4 Å². The Hall–Kier alpha value is -2.33. The predicted molar refractivity (Wildman–Crippen MR) is 127 cm³/mol. The van der Waals surface area contributed by atoms with Crippen molar-refractivity contribution in [2.75, 3.05) is 39.3 Å². The zero-order valence-electron chi connectivity index (χ0n) is 17.5. The molecule has 0 atom stereocenters. The molecule has 7 nitrogen and oxygen atoms in total. The fraction of sp³-hybridized carbons (Fsp3) is 0.364. The van der Waals surface area contributed by atoms with Gasteiger partial charge in [0.15, 0.2) is 5.01 Å². The molecule has 0 unspecified atom stereocenters. The zero-order chi connectivity index (χ0) is 22.2. The first-order chi connectivity index (χ1) is 15.5. The summed E-state index contributed by atoms with van der Waals surface area (Å²) in [7, 11) is 0. The van der Waals surface area contributed by atoms with E-state index >= 15 is 0 Å². The molecule has 0 spiro atoms. The van der Waals surface area contributed by atoms with Gasteiger partial charge in [0.05, 0.1) is 5.69 Å². The van der Waals surface area contributed by atoms with Crippen LogP contribution in [0.2, 0.25) is 5.02 Å². The van der Waals surface area contributed by atoms with Crippen LogP contribution in [0.5, 0.6) is 0 Å². The summed E-state index contributed by atoms with van der Waals surface area (Å²) in [6.45, 7) is 6.36. The van der Waals surface area contributed by atoms with Gasteiger partial charge in [0.25, 0.3) is 11.8 Å². The standard InChI is InChI=1S/C22H22ClN5O2S2/c1-14-18(32-19(25-14)15-2-4-16(23)5-3-15)21(29)28-12-17(13-28)26-7-9-27(10-8-26)22(30)20-24-6-11-31-20/h2-6,11,17H,7-10,12-13H2,1H3. The van der Waals surface area contributed by atoms with E-state index in [1.54, 1.807) is 6.20 Å². The molecule has 3 aromatic rings. The van der Waals surface area contributed by atoms with E-state index in [1.807, 2.05) is 46.4 Å². The molecule has 32 heavy (non-hydrogen) atoms. The highest BCUT2D eigenvalue weighted by Crippen LogP contribution is 2.31. The Morgan fingerprint density at radius 3 is 2.41 bits per heavy atom. The molecule has 2 aromatic heterocycles. The minimum Gasteiger partial charge on any atom is -0.335 e. The van der Waals surface area contributed by atoms with E-state index in [0.29, 0.717) is 47.1 Å². The van der Waals surface area contributed by atoms with Crippen LogP contribution < -0.4 is 0 Å². The molecule has 166 valence electrons. The van der Waals surface area contributed by atoms with Crippen LogP contribution in [0.4, 0.5) is 0 Å². The van der Waals surface area contributed by atoms with Gasteiger partial charge in [0.1, 0.15) is 9.88 Å². The Bertz CT molecular complexity index is 1120. The first-order valence-electron chi connectivity index (χ1n) is 10.4. The number of nitrogens with zero attached hydrogens (tertiary/aromatic N) is 5. The highest BCUT2D eigenvalue weighted by Gasteiger charge is 2.38. The molecule has 2 fully saturated rings. The summed E-state index contributed by atoms with van der Waals surface area (Å²) in [5.74, 6) is 0.0660. The molecule has 0 bridgehead atoms. The molecule has 10 heteroatoms. The van der Waals surface area contributed by atoms with E-state index in [2.05, 4.69) is 14.9 Å². The maximum Gasteiger partial charge on any atom is 0.282 e. The molecule has 1 aromatic carbocycles. The van der Waals surface area contributed by atoms with Crippen LogP contribution in [0.1, 0.15) is 25.2 Å². The SMILES string of the molecule is Cc1nc(-c2ccc(Cl)cc2)sc1C(=O)N1CC(N2CCN(C(=O)c3nccs3)CC2)C1. The third-order valence-corrected chi connectivity index (χ3v) is 8.17. The normalized spacial score (nSPS) is 17.4. The number of likely N-dealkylation sites (tertiary alicyclic amines) is 1. The molecule has 0 N–H and O–H groups in total. The summed E-state index contributed by atoms with van der Waals surface area (Å²) < 4.78 is 0. The number of hydrogen-bond acceptors (Lipinski definition) is 7. The maximum absolute atomic E-state index is 13.0. The lowest BCUT2D eigenvalue weighted by Gasteiger charge is -2.47. The van der Waals surface area contributed by atoms with Gasteiger partial charge in [-0.05, 0) is 19.1 Å². The quantitative estimate of drug-likeness (QED) is 0.563. The highest BCUT2D eigenvalue weighted by molar-refractivity contribution is 7.17. The zero-order valence-corrected chi connectivity index (χ0v) is 19.9. The number of amides is 2. The van der Waals surface area contributed by atoms with Crippen molar-refractivity contribution in [1.82, 2.24) is 24.7 Å². The van der Waals surface area contributed by atoms with E-state index in [9.17, 15) is 9.59 Å². The lowest BCUT2D eigenvalue weighted by molar-refractivity contribution is 0.00874. The number of aromatic nitrogens is 2. The molecule has 0 radical (unpaired) electrons. The van der Waals surface area contributed by atoms with E-state index in [1.165, 1.54) is 22.7 Å². The van der Waals surface area contributed by atoms with Crippen LogP contribution in [0.25, 0.3) is 10.6 Å². The van der Waals surface area contributed by atoms with Gasteiger partial charge in [-0.1, -0.05) is 23.7 Å². The first kappa shape index (κ1) is 21.5. The van der Waals surface area contributed by atoms with E-state index < -0.39 is 0 Å². The van der Waals surface area contributed by atoms with Crippen LogP contribution in [-0.2, 0) is 0 Å². The summed E-state index contributed by atoms with van der Waals surface area (Å²) in [6, 6.07) is 7.86. The van der Waals surface area contributed by atoms with Gasteiger partial charge >= 0.3 is 0 Å². The fourth-order valence-electron chi connectivity index (χ4n) is 4.06. The molecule has 5 rings (SSSR count). The molecular weight excluding hydrogens is 466 g/mol. The Balaban J connectivity index is 1.15. The van der Waals surface area contributed by atoms with Gasteiger partial charge in [-0.15, -0.1) is 22.7 Å². The summed E-state index contributed by atoms with van der Waals surface area (Å²) in [4.78, 5) is 41.1. The van der Waals surface area contributed by atoms with Crippen molar-refractivity contribution in [3.8, 4) is 10.6 Å². The van der Waals surface area contributed by atoms with E-state index in [4.69, 9.17) is 11.6 Å². The van der Waals surface area contributed by atoms with Crippen LogP contribution >= 0.6 is 34.3 Å². The lowest BCUT2D eigenvalue weighted by Crippen LogP contribution is -2.64. The van der Waals surface area contributed by atoms with Crippen molar-refractivity contribution in [2.24, 2.45) is 0 Å². The second-order valence-electron chi connectivity index (χ2n) is 7.97. The van der Waals surface area contributed by atoms with Crippen molar-refractivity contribution in [3.63, 3.8) is 0 Å². The molecule has 0 saturated carbocycles. The second-order valence-corrected chi connectivity index (χ2v) is 10.3. The summed E-state index contributed by atoms with van der Waals surface area (Å²) in [5, 5.41) is 3.89. The third kappa shape index (κ3) is 4.17. The van der Waals surface area contributed by atoms with Crippen LogP contribution in [0.3, 0.4) is 0 Å².